The smallest absolute Gasteiger partial charge is 0.314 e. The van der Waals surface area contributed by atoms with Crippen LogP contribution in [0.4, 0.5) is 11.4 Å². The molecule has 6 heteroatoms. The standard InChI is InChI=1S/C16H10N4O2/c17-9-11-4-3-6-13(8-11)19-15(21)16(22)20-14-7-2-1-5-12(14)10-18/h1-8H,(H,19,21)(H,20,22). The minimum absolute atomic E-state index is 0.259. The molecule has 2 rings (SSSR count). The highest BCUT2D eigenvalue weighted by atomic mass is 16.2. The Labute approximate surface area is 126 Å². The number of amides is 2. The molecule has 106 valence electrons. The van der Waals surface area contributed by atoms with E-state index in [0.29, 0.717) is 11.3 Å². The molecule has 0 heterocycles. The third-order valence-electron chi connectivity index (χ3n) is 2.75. The van der Waals surface area contributed by atoms with Crippen LogP contribution < -0.4 is 10.6 Å². The number of nitrogens with zero attached hydrogens (tertiary/aromatic N) is 2. The second kappa shape index (κ2) is 6.69. The Morgan fingerprint density at radius 2 is 1.59 bits per heavy atom. The van der Waals surface area contributed by atoms with Crippen LogP contribution in [0, 0.1) is 22.7 Å². The number of benzene rings is 2. The average Bonchev–Trinajstić information content (AvgIpc) is 2.55. The van der Waals surface area contributed by atoms with E-state index in [-0.39, 0.29) is 11.3 Å². The summed E-state index contributed by atoms with van der Waals surface area (Å²) in [6, 6.07) is 16.4. The number of rotatable bonds is 2. The van der Waals surface area contributed by atoms with Gasteiger partial charge in [-0.15, -0.1) is 0 Å². The number of nitrogens with one attached hydrogen (secondary N) is 2. The summed E-state index contributed by atoms with van der Waals surface area (Å²) in [6.45, 7) is 0. The lowest BCUT2D eigenvalue weighted by Gasteiger charge is -2.07. The Balaban J connectivity index is 2.08. The zero-order chi connectivity index (χ0) is 15.9. The van der Waals surface area contributed by atoms with Crippen LogP contribution in [-0.4, -0.2) is 11.8 Å². The second-order valence-corrected chi connectivity index (χ2v) is 4.26. The van der Waals surface area contributed by atoms with E-state index >= 15 is 0 Å². The number of para-hydroxylation sites is 1. The van der Waals surface area contributed by atoms with Crippen LogP contribution in [0.5, 0.6) is 0 Å². The fraction of sp³-hybridized carbons (Fsp3) is 0. The normalized spacial score (nSPS) is 9.18. The first-order valence-corrected chi connectivity index (χ1v) is 6.25. The van der Waals surface area contributed by atoms with Crippen LogP contribution in [0.25, 0.3) is 0 Å². The zero-order valence-corrected chi connectivity index (χ0v) is 11.3. The molecule has 0 atom stereocenters. The fourth-order valence-corrected chi connectivity index (χ4v) is 1.72. The van der Waals surface area contributed by atoms with Gasteiger partial charge in [0.05, 0.1) is 22.9 Å². The van der Waals surface area contributed by atoms with E-state index in [0.717, 1.165) is 0 Å². The van der Waals surface area contributed by atoms with Crippen molar-refractivity contribution in [2.24, 2.45) is 0 Å². The molecular formula is C16H10N4O2. The Morgan fingerprint density at radius 1 is 0.864 bits per heavy atom. The van der Waals surface area contributed by atoms with E-state index < -0.39 is 11.8 Å². The molecule has 2 aromatic rings. The highest BCUT2D eigenvalue weighted by Gasteiger charge is 2.15. The highest BCUT2D eigenvalue weighted by molar-refractivity contribution is 6.43. The van der Waals surface area contributed by atoms with Gasteiger partial charge < -0.3 is 10.6 Å². The first-order valence-electron chi connectivity index (χ1n) is 6.25. The average molecular weight is 290 g/mol. The van der Waals surface area contributed by atoms with Crippen LogP contribution >= 0.6 is 0 Å². The summed E-state index contributed by atoms with van der Waals surface area (Å²) in [7, 11) is 0. The summed E-state index contributed by atoms with van der Waals surface area (Å²) in [4.78, 5) is 23.7. The van der Waals surface area contributed by atoms with Crippen LogP contribution in [0.15, 0.2) is 48.5 Å². The van der Waals surface area contributed by atoms with Gasteiger partial charge in [-0.1, -0.05) is 18.2 Å². The van der Waals surface area contributed by atoms with Crippen molar-refractivity contribution < 1.29 is 9.59 Å². The molecule has 0 saturated carbocycles. The summed E-state index contributed by atoms with van der Waals surface area (Å²) in [5.74, 6) is -1.78. The van der Waals surface area contributed by atoms with Gasteiger partial charge in [0.1, 0.15) is 6.07 Å². The molecule has 6 nitrogen and oxygen atoms in total. The van der Waals surface area contributed by atoms with Gasteiger partial charge in [-0.3, -0.25) is 9.59 Å². The highest BCUT2D eigenvalue weighted by Crippen LogP contribution is 2.14. The summed E-state index contributed by atoms with van der Waals surface area (Å²) >= 11 is 0. The Bertz CT molecular complexity index is 815. The molecule has 2 amide bonds. The van der Waals surface area contributed by atoms with Crippen LogP contribution in [0.2, 0.25) is 0 Å². The molecule has 0 aliphatic rings. The van der Waals surface area contributed by atoms with Crippen molar-refractivity contribution in [3.8, 4) is 12.1 Å². The minimum Gasteiger partial charge on any atom is -0.318 e. The maximum absolute atomic E-state index is 11.8. The Kier molecular flexibility index (Phi) is 4.49. The van der Waals surface area contributed by atoms with Crippen molar-refractivity contribution in [3.63, 3.8) is 0 Å². The third-order valence-corrected chi connectivity index (χ3v) is 2.75. The Morgan fingerprint density at radius 3 is 2.32 bits per heavy atom. The Hall–Kier alpha value is -3.64. The zero-order valence-electron chi connectivity index (χ0n) is 11.3. The largest absolute Gasteiger partial charge is 0.318 e. The molecule has 0 aromatic heterocycles. The van der Waals surface area contributed by atoms with Crippen LogP contribution in [-0.2, 0) is 9.59 Å². The SMILES string of the molecule is N#Cc1cccc(NC(=O)C(=O)Nc2ccccc2C#N)c1. The van der Waals surface area contributed by atoms with Gasteiger partial charge in [-0.05, 0) is 30.3 Å². The maximum Gasteiger partial charge on any atom is 0.314 e. The number of nitriles is 2. The first-order chi connectivity index (χ1) is 10.6. The molecular weight excluding hydrogens is 280 g/mol. The van der Waals surface area contributed by atoms with Gasteiger partial charge >= 0.3 is 11.8 Å². The number of carbonyl (C=O) groups is 2. The van der Waals surface area contributed by atoms with Gasteiger partial charge in [-0.2, -0.15) is 10.5 Å². The fourth-order valence-electron chi connectivity index (χ4n) is 1.72. The molecule has 0 bridgehead atoms. The molecule has 0 unspecified atom stereocenters. The van der Waals surface area contributed by atoms with Gasteiger partial charge in [0.15, 0.2) is 0 Å². The maximum atomic E-state index is 11.8. The molecule has 0 fully saturated rings. The van der Waals surface area contributed by atoms with E-state index in [1.807, 2.05) is 12.1 Å². The number of hydrogen-bond donors (Lipinski definition) is 2. The molecule has 0 aliphatic carbocycles. The molecule has 2 aromatic carbocycles. The molecule has 0 aliphatic heterocycles. The quantitative estimate of drug-likeness (QED) is 0.825. The number of anilines is 2. The van der Waals surface area contributed by atoms with E-state index in [1.165, 1.54) is 18.2 Å². The summed E-state index contributed by atoms with van der Waals surface area (Å²) < 4.78 is 0. The summed E-state index contributed by atoms with van der Waals surface area (Å²) in [5, 5.41) is 22.5. The van der Waals surface area contributed by atoms with E-state index in [2.05, 4.69) is 10.6 Å². The lowest BCUT2D eigenvalue weighted by molar-refractivity contribution is -0.133. The predicted octanol–water partition coefficient (Wildman–Crippen LogP) is 2.01. The lowest BCUT2D eigenvalue weighted by Crippen LogP contribution is -2.29. The minimum atomic E-state index is -0.898. The predicted molar refractivity (Wildman–Crippen MR) is 79.6 cm³/mol. The van der Waals surface area contributed by atoms with Crippen LogP contribution in [0.3, 0.4) is 0 Å². The van der Waals surface area contributed by atoms with Crippen molar-refractivity contribution >= 4 is 23.2 Å². The topological polar surface area (TPSA) is 106 Å². The van der Waals surface area contributed by atoms with Crippen molar-refractivity contribution in [3.05, 3.63) is 59.7 Å². The molecule has 22 heavy (non-hydrogen) atoms. The van der Waals surface area contributed by atoms with Crippen molar-refractivity contribution in [2.75, 3.05) is 10.6 Å². The van der Waals surface area contributed by atoms with Gasteiger partial charge in [0.2, 0.25) is 0 Å². The third kappa shape index (κ3) is 3.47. The van der Waals surface area contributed by atoms with Crippen molar-refractivity contribution in [1.82, 2.24) is 0 Å². The van der Waals surface area contributed by atoms with E-state index in [9.17, 15) is 9.59 Å². The second-order valence-electron chi connectivity index (χ2n) is 4.26. The van der Waals surface area contributed by atoms with Gasteiger partial charge in [-0.25, -0.2) is 0 Å². The van der Waals surface area contributed by atoms with Gasteiger partial charge in [0, 0.05) is 5.69 Å². The number of hydrogen-bond acceptors (Lipinski definition) is 4. The summed E-state index contributed by atoms with van der Waals surface area (Å²) in [6.07, 6.45) is 0. The van der Waals surface area contributed by atoms with E-state index in [1.54, 1.807) is 30.3 Å². The monoisotopic (exact) mass is 290 g/mol. The lowest BCUT2D eigenvalue weighted by atomic mass is 10.2. The van der Waals surface area contributed by atoms with Crippen molar-refractivity contribution in [1.29, 1.82) is 10.5 Å². The number of carbonyl (C=O) groups excluding carboxylic acids is 2. The van der Waals surface area contributed by atoms with E-state index in [4.69, 9.17) is 10.5 Å². The van der Waals surface area contributed by atoms with Gasteiger partial charge in [0.25, 0.3) is 0 Å². The molecule has 0 radical (unpaired) electrons. The summed E-state index contributed by atoms with van der Waals surface area (Å²) in [5.41, 5.74) is 1.23. The van der Waals surface area contributed by atoms with Crippen molar-refractivity contribution in [2.45, 2.75) is 0 Å². The molecule has 2 N–H and O–H groups in total. The first kappa shape index (κ1) is 14.8. The molecule has 0 spiro atoms. The molecule has 0 saturated heterocycles. The van der Waals surface area contributed by atoms with Crippen LogP contribution in [0.1, 0.15) is 11.1 Å².